The van der Waals surface area contributed by atoms with Crippen LogP contribution in [0.5, 0.6) is 0 Å². The average Bonchev–Trinajstić information content (AvgIpc) is 2.69. The molecule has 0 aliphatic carbocycles. The van der Waals surface area contributed by atoms with E-state index in [-0.39, 0.29) is 5.56 Å². The number of nitrogens with zero attached hydrogens (tertiary/aromatic N) is 2. The fourth-order valence-electron chi connectivity index (χ4n) is 3.36. The molecule has 1 amide bonds. The van der Waals surface area contributed by atoms with Crippen molar-refractivity contribution < 1.29 is 18.0 Å². The zero-order valence-electron chi connectivity index (χ0n) is 15.6. The van der Waals surface area contributed by atoms with Gasteiger partial charge in [0.05, 0.1) is 11.1 Å². The molecule has 2 aromatic carbocycles. The molecule has 0 saturated carbocycles. The summed E-state index contributed by atoms with van der Waals surface area (Å²) in [5, 5.41) is 2.62. The Morgan fingerprint density at radius 2 is 1.50 bits per heavy atom. The minimum absolute atomic E-state index is 0.323. The van der Waals surface area contributed by atoms with Gasteiger partial charge in [-0.15, -0.1) is 0 Å². The second-order valence-corrected chi connectivity index (χ2v) is 6.90. The van der Waals surface area contributed by atoms with Gasteiger partial charge in [0.25, 0.3) is 5.91 Å². The van der Waals surface area contributed by atoms with Crippen molar-refractivity contribution in [1.82, 2.24) is 15.1 Å². The summed E-state index contributed by atoms with van der Waals surface area (Å²) in [5.41, 5.74) is 0.0521. The highest BCUT2D eigenvalue weighted by Crippen LogP contribution is 2.31. The molecule has 0 radical (unpaired) electrons. The smallest absolute Gasteiger partial charge is 0.351 e. The second kappa shape index (κ2) is 9.21. The third kappa shape index (κ3) is 5.56. The quantitative estimate of drug-likeness (QED) is 0.821. The maximum absolute atomic E-state index is 13.0. The zero-order chi connectivity index (χ0) is 20.0. The minimum Gasteiger partial charge on any atom is -0.351 e. The predicted molar refractivity (Wildman–Crippen MR) is 102 cm³/mol. The van der Waals surface area contributed by atoms with E-state index >= 15 is 0 Å². The largest absolute Gasteiger partial charge is 0.417 e. The molecule has 0 aromatic heterocycles. The van der Waals surface area contributed by atoms with Crippen LogP contribution in [0.3, 0.4) is 0 Å². The van der Waals surface area contributed by atoms with Crippen molar-refractivity contribution in [3.05, 3.63) is 71.3 Å². The zero-order valence-corrected chi connectivity index (χ0v) is 15.6. The first-order valence-corrected chi connectivity index (χ1v) is 9.36. The van der Waals surface area contributed by atoms with Crippen LogP contribution in [0.1, 0.15) is 21.5 Å². The third-order valence-electron chi connectivity index (χ3n) is 4.90. The SMILES string of the molecule is O=C(NCCN1CCN(Cc2ccccc2)CC1)c1ccccc1C(F)(F)F. The van der Waals surface area contributed by atoms with Gasteiger partial charge in [0.2, 0.25) is 0 Å². The maximum Gasteiger partial charge on any atom is 0.417 e. The summed E-state index contributed by atoms with van der Waals surface area (Å²) in [6.07, 6.45) is -4.54. The van der Waals surface area contributed by atoms with Crippen LogP contribution in [0, 0.1) is 0 Å². The van der Waals surface area contributed by atoms with Gasteiger partial charge in [-0.3, -0.25) is 14.6 Å². The molecular formula is C21H24F3N3O. The molecule has 2 aromatic rings. The number of hydrogen-bond donors (Lipinski definition) is 1. The van der Waals surface area contributed by atoms with E-state index < -0.39 is 17.6 Å². The number of carbonyl (C=O) groups excluding carboxylic acids is 1. The number of carbonyl (C=O) groups is 1. The Kier molecular flexibility index (Phi) is 6.70. The van der Waals surface area contributed by atoms with E-state index in [1.54, 1.807) is 0 Å². The van der Waals surface area contributed by atoms with Crippen LogP contribution in [0.2, 0.25) is 0 Å². The highest BCUT2D eigenvalue weighted by Gasteiger charge is 2.34. The summed E-state index contributed by atoms with van der Waals surface area (Å²) < 4.78 is 39.1. The van der Waals surface area contributed by atoms with Gasteiger partial charge in [-0.25, -0.2) is 0 Å². The van der Waals surface area contributed by atoms with Crippen LogP contribution in [-0.2, 0) is 12.7 Å². The molecule has 28 heavy (non-hydrogen) atoms. The molecule has 1 saturated heterocycles. The third-order valence-corrected chi connectivity index (χ3v) is 4.90. The van der Waals surface area contributed by atoms with Gasteiger partial charge in [-0.1, -0.05) is 42.5 Å². The molecule has 0 bridgehead atoms. The van der Waals surface area contributed by atoms with Gasteiger partial charge in [-0.05, 0) is 17.7 Å². The van der Waals surface area contributed by atoms with E-state index in [2.05, 4.69) is 27.2 Å². The Hall–Kier alpha value is -2.38. The number of piperazine rings is 1. The Morgan fingerprint density at radius 1 is 0.893 bits per heavy atom. The van der Waals surface area contributed by atoms with Crippen molar-refractivity contribution in [1.29, 1.82) is 0 Å². The molecule has 3 rings (SSSR count). The lowest BCUT2D eigenvalue weighted by atomic mass is 10.1. The molecule has 1 fully saturated rings. The normalized spacial score (nSPS) is 16.1. The van der Waals surface area contributed by atoms with Crippen molar-refractivity contribution in [3.63, 3.8) is 0 Å². The lowest BCUT2D eigenvalue weighted by molar-refractivity contribution is -0.137. The molecule has 1 heterocycles. The van der Waals surface area contributed by atoms with Gasteiger partial charge >= 0.3 is 6.18 Å². The van der Waals surface area contributed by atoms with Crippen molar-refractivity contribution in [3.8, 4) is 0 Å². The topological polar surface area (TPSA) is 35.6 Å². The summed E-state index contributed by atoms with van der Waals surface area (Å²) in [4.78, 5) is 16.8. The lowest BCUT2D eigenvalue weighted by Gasteiger charge is -2.34. The first kappa shape index (κ1) is 20.4. The van der Waals surface area contributed by atoms with Crippen LogP contribution >= 0.6 is 0 Å². The van der Waals surface area contributed by atoms with Gasteiger partial charge < -0.3 is 5.32 Å². The predicted octanol–water partition coefficient (Wildman–Crippen LogP) is 3.25. The van der Waals surface area contributed by atoms with Crippen LogP contribution in [0.4, 0.5) is 13.2 Å². The van der Waals surface area contributed by atoms with E-state index in [0.29, 0.717) is 13.1 Å². The molecule has 0 atom stereocenters. The molecule has 150 valence electrons. The van der Waals surface area contributed by atoms with Crippen molar-refractivity contribution >= 4 is 5.91 Å². The number of alkyl halides is 3. The average molecular weight is 391 g/mol. The molecule has 7 heteroatoms. The molecule has 0 unspecified atom stereocenters. The first-order chi connectivity index (χ1) is 13.4. The van der Waals surface area contributed by atoms with Crippen molar-refractivity contribution in [2.45, 2.75) is 12.7 Å². The van der Waals surface area contributed by atoms with Crippen molar-refractivity contribution in [2.75, 3.05) is 39.3 Å². The highest BCUT2D eigenvalue weighted by molar-refractivity contribution is 5.95. The maximum atomic E-state index is 13.0. The molecular weight excluding hydrogens is 367 g/mol. The summed E-state index contributed by atoms with van der Waals surface area (Å²) in [6.45, 7) is 5.48. The van der Waals surface area contributed by atoms with Crippen LogP contribution < -0.4 is 5.32 Å². The fourth-order valence-corrected chi connectivity index (χ4v) is 3.36. The standard InChI is InChI=1S/C21H24F3N3O/c22-21(23,24)19-9-5-4-8-18(19)20(28)25-10-11-26-12-14-27(15-13-26)16-17-6-2-1-3-7-17/h1-9H,10-16H2,(H,25,28). The Bertz CT molecular complexity index is 772. The number of nitrogens with one attached hydrogen (secondary N) is 1. The number of halogens is 3. The van der Waals surface area contributed by atoms with E-state index in [1.807, 2.05) is 18.2 Å². The molecule has 4 nitrogen and oxygen atoms in total. The number of rotatable bonds is 6. The first-order valence-electron chi connectivity index (χ1n) is 9.36. The van der Waals surface area contributed by atoms with Crippen LogP contribution in [0.25, 0.3) is 0 Å². The summed E-state index contributed by atoms with van der Waals surface area (Å²) in [6, 6.07) is 15.2. The van der Waals surface area contributed by atoms with E-state index in [4.69, 9.17) is 0 Å². The summed E-state index contributed by atoms with van der Waals surface area (Å²) >= 11 is 0. The fraction of sp³-hybridized carbons (Fsp3) is 0.381. The van der Waals surface area contributed by atoms with Gasteiger partial charge in [0.1, 0.15) is 0 Å². The Labute approximate surface area is 162 Å². The number of hydrogen-bond acceptors (Lipinski definition) is 3. The Balaban J connectivity index is 1.42. The van der Waals surface area contributed by atoms with E-state index in [9.17, 15) is 18.0 Å². The highest BCUT2D eigenvalue weighted by atomic mass is 19.4. The van der Waals surface area contributed by atoms with E-state index in [0.717, 1.165) is 38.8 Å². The molecule has 1 N–H and O–H groups in total. The van der Waals surface area contributed by atoms with Gasteiger partial charge in [-0.2, -0.15) is 13.2 Å². The summed E-state index contributed by atoms with van der Waals surface area (Å²) in [5.74, 6) is -0.685. The number of amides is 1. The van der Waals surface area contributed by atoms with Gasteiger partial charge in [0, 0.05) is 45.8 Å². The minimum atomic E-state index is -4.54. The van der Waals surface area contributed by atoms with E-state index in [1.165, 1.54) is 23.8 Å². The van der Waals surface area contributed by atoms with Crippen LogP contribution in [-0.4, -0.2) is 55.0 Å². The summed E-state index contributed by atoms with van der Waals surface area (Å²) in [7, 11) is 0. The number of benzene rings is 2. The second-order valence-electron chi connectivity index (χ2n) is 6.90. The van der Waals surface area contributed by atoms with Gasteiger partial charge in [0.15, 0.2) is 0 Å². The monoisotopic (exact) mass is 391 g/mol. The molecule has 0 spiro atoms. The van der Waals surface area contributed by atoms with Crippen molar-refractivity contribution in [2.24, 2.45) is 0 Å². The van der Waals surface area contributed by atoms with Crippen LogP contribution in [0.15, 0.2) is 54.6 Å². The molecule has 1 aliphatic rings. The lowest BCUT2D eigenvalue weighted by Crippen LogP contribution is -2.48. The Morgan fingerprint density at radius 3 is 2.18 bits per heavy atom. The molecule has 1 aliphatic heterocycles.